The highest BCUT2D eigenvalue weighted by molar-refractivity contribution is 7.91. The van der Waals surface area contributed by atoms with E-state index in [0.717, 1.165) is 37.1 Å². The lowest BCUT2D eigenvalue weighted by Gasteiger charge is -2.39. The van der Waals surface area contributed by atoms with Gasteiger partial charge in [0.25, 0.3) is 26.1 Å². The summed E-state index contributed by atoms with van der Waals surface area (Å²) in [5, 5.41) is 0. The van der Waals surface area contributed by atoms with Gasteiger partial charge in [0.1, 0.15) is 16.1 Å². The van der Waals surface area contributed by atoms with E-state index in [0.29, 0.717) is 23.5 Å². The Balaban J connectivity index is 1.59. The minimum absolute atomic E-state index is 0.0231. The molecule has 2 saturated heterocycles. The van der Waals surface area contributed by atoms with E-state index < -0.39 is 50.8 Å². The zero-order chi connectivity index (χ0) is 26.8. The average molecular weight is 577 g/mol. The maximum absolute atomic E-state index is 13.6. The van der Waals surface area contributed by atoms with Crippen molar-refractivity contribution in [3.05, 3.63) is 42.2 Å². The van der Waals surface area contributed by atoms with E-state index in [-0.39, 0.29) is 17.3 Å². The zero-order valence-electron chi connectivity index (χ0n) is 20.4. The van der Waals surface area contributed by atoms with Crippen molar-refractivity contribution in [2.75, 3.05) is 40.3 Å². The number of carbonyl (C=O) groups excluding carboxylic acids is 1. The van der Waals surface area contributed by atoms with Crippen LogP contribution in [0, 0.1) is 5.82 Å². The normalized spacial score (nSPS) is 22.3. The number of nitrogens with one attached hydrogen (secondary N) is 1. The van der Waals surface area contributed by atoms with Gasteiger partial charge in [0.05, 0.1) is 0 Å². The molecule has 1 aromatic heterocycles. The quantitative estimate of drug-likeness (QED) is 0.474. The van der Waals surface area contributed by atoms with Gasteiger partial charge in [0, 0.05) is 51.6 Å². The molecule has 1 amide bonds. The van der Waals surface area contributed by atoms with Crippen LogP contribution in [0.2, 0.25) is 0 Å². The first-order chi connectivity index (χ1) is 17.5. The molecule has 2 atom stereocenters. The van der Waals surface area contributed by atoms with Crippen LogP contribution in [0.25, 0.3) is 10.4 Å². The lowest BCUT2D eigenvalue weighted by Crippen LogP contribution is -2.62. The summed E-state index contributed by atoms with van der Waals surface area (Å²) in [6.07, 6.45) is 1.63. The number of hydroxylamine groups is 1. The van der Waals surface area contributed by atoms with E-state index >= 15 is 0 Å². The summed E-state index contributed by atoms with van der Waals surface area (Å²) < 4.78 is 74.6. The lowest BCUT2D eigenvalue weighted by atomic mass is 10.2. The molecule has 15 heteroatoms. The monoisotopic (exact) mass is 576 g/mol. The van der Waals surface area contributed by atoms with Crippen molar-refractivity contribution in [3.63, 3.8) is 0 Å². The second kappa shape index (κ2) is 11.4. The number of hydrogen-bond acceptors (Lipinski definition) is 8. The molecule has 3 heterocycles. The number of rotatable bonds is 8. The second-order valence-corrected chi connectivity index (χ2v) is 14.1. The van der Waals surface area contributed by atoms with Crippen molar-refractivity contribution in [1.82, 2.24) is 18.4 Å². The number of benzene rings is 1. The van der Waals surface area contributed by atoms with Crippen LogP contribution in [-0.4, -0.2) is 88.3 Å². The Morgan fingerprint density at radius 3 is 2.49 bits per heavy atom. The van der Waals surface area contributed by atoms with E-state index in [1.54, 1.807) is 18.2 Å². The predicted molar refractivity (Wildman–Crippen MR) is 134 cm³/mol. The fraction of sp³-hybridized carbons (Fsp3) is 0.500. The van der Waals surface area contributed by atoms with Crippen molar-refractivity contribution >= 4 is 37.5 Å². The Morgan fingerprint density at radius 2 is 1.84 bits per heavy atom. The SMILES string of the molecule is CN(C)S(=O)(=O)N1CCN(S(=O)(=O)c2ccc(-c3ccc(F)cc3)s2)[C@@H](C(=O)NOC2CCCCO2)C1. The van der Waals surface area contributed by atoms with Gasteiger partial charge in [-0.05, 0) is 42.7 Å². The number of thiophene rings is 1. The molecule has 204 valence electrons. The van der Waals surface area contributed by atoms with Crippen LogP contribution in [0.15, 0.2) is 40.6 Å². The molecule has 2 aliphatic rings. The smallest absolute Gasteiger partial charge is 0.281 e. The number of hydrogen-bond donors (Lipinski definition) is 1. The van der Waals surface area contributed by atoms with E-state index in [4.69, 9.17) is 9.57 Å². The van der Waals surface area contributed by atoms with Gasteiger partial charge in [-0.1, -0.05) is 12.1 Å². The summed E-state index contributed by atoms with van der Waals surface area (Å²) in [4.78, 5) is 19.1. The molecule has 11 nitrogen and oxygen atoms in total. The molecule has 0 radical (unpaired) electrons. The van der Waals surface area contributed by atoms with Gasteiger partial charge >= 0.3 is 0 Å². The molecule has 2 aliphatic heterocycles. The standard InChI is InChI=1S/C22H29FN4O7S3/c1-25(2)37(31,32)26-12-13-27(18(15-26)22(28)24-34-20-5-3-4-14-33-20)36(29,30)21-11-10-19(35-21)16-6-8-17(23)9-7-16/h6-11,18,20H,3-5,12-15H2,1-2H3,(H,24,28)/t18-,20?/m1/s1. The number of nitrogens with zero attached hydrogens (tertiary/aromatic N) is 3. The van der Waals surface area contributed by atoms with Gasteiger partial charge in [0.15, 0.2) is 6.29 Å². The topological polar surface area (TPSA) is 126 Å². The van der Waals surface area contributed by atoms with Crippen molar-refractivity contribution < 1.29 is 35.6 Å². The lowest BCUT2D eigenvalue weighted by molar-refractivity contribution is -0.202. The molecular formula is C22H29FN4O7S3. The fourth-order valence-corrected chi connectivity index (χ4v) is 8.14. The van der Waals surface area contributed by atoms with E-state index in [1.807, 2.05) is 0 Å². The Morgan fingerprint density at radius 1 is 1.11 bits per heavy atom. The van der Waals surface area contributed by atoms with Gasteiger partial charge in [-0.15, -0.1) is 11.3 Å². The van der Waals surface area contributed by atoms with E-state index in [9.17, 15) is 26.0 Å². The molecule has 37 heavy (non-hydrogen) atoms. The Hall–Kier alpha value is -1.98. The summed E-state index contributed by atoms with van der Waals surface area (Å²) >= 11 is 0.978. The molecule has 2 fully saturated rings. The van der Waals surface area contributed by atoms with Crippen LogP contribution in [0.1, 0.15) is 19.3 Å². The minimum atomic E-state index is -4.19. The van der Waals surface area contributed by atoms with Gasteiger partial charge in [-0.2, -0.15) is 21.3 Å². The predicted octanol–water partition coefficient (Wildman–Crippen LogP) is 1.61. The number of amides is 1. The molecule has 4 rings (SSSR count). The number of piperazine rings is 1. The molecule has 1 unspecified atom stereocenters. The van der Waals surface area contributed by atoms with Crippen LogP contribution in [-0.2, 0) is 34.6 Å². The third kappa shape index (κ3) is 6.20. The van der Waals surface area contributed by atoms with Crippen LogP contribution >= 0.6 is 11.3 Å². The van der Waals surface area contributed by atoms with Crippen LogP contribution in [0.3, 0.4) is 0 Å². The first-order valence-electron chi connectivity index (χ1n) is 11.6. The van der Waals surface area contributed by atoms with Gasteiger partial charge in [0.2, 0.25) is 0 Å². The molecule has 0 spiro atoms. The maximum atomic E-state index is 13.6. The Kier molecular flexibility index (Phi) is 8.65. The summed E-state index contributed by atoms with van der Waals surface area (Å²) in [5.74, 6) is -1.21. The third-order valence-corrected chi connectivity index (χ3v) is 11.5. The molecule has 0 aliphatic carbocycles. The van der Waals surface area contributed by atoms with Crippen molar-refractivity contribution in [1.29, 1.82) is 0 Å². The zero-order valence-corrected chi connectivity index (χ0v) is 22.8. The number of carbonyl (C=O) groups is 1. The molecule has 0 bridgehead atoms. The maximum Gasteiger partial charge on any atom is 0.281 e. The molecular weight excluding hydrogens is 547 g/mol. The third-order valence-electron chi connectivity index (χ3n) is 6.09. The summed E-state index contributed by atoms with van der Waals surface area (Å²) in [6.45, 7) is -0.283. The van der Waals surface area contributed by atoms with Crippen molar-refractivity contribution in [2.24, 2.45) is 0 Å². The average Bonchev–Trinajstić information content (AvgIpc) is 3.39. The Labute approximate surface area is 219 Å². The first-order valence-corrected chi connectivity index (χ1v) is 15.3. The molecule has 0 saturated carbocycles. The number of ether oxygens (including phenoxy) is 1. The minimum Gasteiger partial charge on any atom is -0.350 e. The van der Waals surface area contributed by atoms with Crippen LogP contribution in [0.5, 0.6) is 0 Å². The first kappa shape index (κ1) is 28.0. The van der Waals surface area contributed by atoms with Gasteiger partial charge < -0.3 is 4.74 Å². The summed E-state index contributed by atoms with van der Waals surface area (Å²) in [6, 6.07) is 7.30. The highest BCUT2D eigenvalue weighted by Gasteiger charge is 2.44. The fourth-order valence-electron chi connectivity index (χ4n) is 4.02. The number of halogens is 1. The molecule has 1 aromatic carbocycles. The summed E-state index contributed by atoms with van der Waals surface area (Å²) in [7, 11) is -5.37. The number of sulfonamides is 1. The van der Waals surface area contributed by atoms with Gasteiger partial charge in [-0.25, -0.2) is 23.1 Å². The van der Waals surface area contributed by atoms with Crippen LogP contribution in [0.4, 0.5) is 4.39 Å². The van der Waals surface area contributed by atoms with Gasteiger partial charge in [-0.3, -0.25) is 4.79 Å². The second-order valence-electron chi connectivity index (χ2n) is 8.79. The van der Waals surface area contributed by atoms with E-state index in [2.05, 4.69) is 5.48 Å². The molecule has 1 N–H and O–H groups in total. The highest BCUT2D eigenvalue weighted by atomic mass is 32.2. The molecule has 2 aromatic rings. The largest absolute Gasteiger partial charge is 0.350 e. The van der Waals surface area contributed by atoms with E-state index in [1.165, 1.54) is 32.3 Å². The highest BCUT2D eigenvalue weighted by Crippen LogP contribution is 2.34. The summed E-state index contributed by atoms with van der Waals surface area (Å²) in [5.41, 5.74) is 2.92. The van der Waals surface area contributed by atoms with Crippen LogP contribution < -0.4 is 5.48 Å². The van der Waals surface area contributed by atoms with Crippen molar-refractivity contribution in [3.8, 4) is 10.4 Å². The van der Waals surface area contributed by atoms with Crippen molar-refractivity contribution in [2.45, 2.75) is 35.8 Å². The Bertz CT molecular complexity index is 1310.